The summed E-state index contributed by atoms with van der Waals surface area (Å²) in [5.41, 5.74) is 5.84. The van der Waals surface area contributed by atoms with Crippen LogP contribution < -0.4 is 0 Å². The van der Waals surface area contributed by atoms with Crippen LogP contribution in [0.5, 0.6) is 0 Å². The second kappa shape index (κ2) is 13.8. The third kappa shape index (κ3) is 6.94. The van der Waals surface area contributed by atoms with Gasteiger partial charge in [-0.25, -0.2) is 19.6 Å². The molecule has 1 unspecified atom stereocenters. The SMILES string of the molecule is CCOC(=O)N1CC(N2CCC(c3nn(C)c4ncc(-c5nc6cc(C)c(C(OC(C)(C)C)C(=O)O)c(-c7ccc(Cl)cc7)c6s5)cc34)CC2)C1. The molecule has 2 aromatic carbocycles. The van der Waals surface area contributed by atoms with Crippen molar-refractivity contribution in [1.82, 2.24) is 29.5 Å². The van der Waals surface area contributed by atoms with Gasteiger partial charge in [0.15, 0.2) is 11.8 Å². The number of halogens is 1. The second-order valence-corrected chi connectivity index (χ2v) is 15.9. The van der Waals surface area contributed by atoms with Crippen LogP contribution >= 0.6 is 22.9 Å². The van der Waals surface area contributed by atoms with Crippen molar-refractivity contribution >= 4 is 56.3 Å². The van der Waals surface area contributed by atoms with Crippen LogP contribution in [0.2, 0.25) is 5.02 Å². The van der Waals surface area contributed by atoms with E-state index in [-0.39, 0.29) is 12.0 Å². The van der Waals surface area contributed by atoms with Gasteiger partial charge >= 0.3 is 12.1 Å². The normalized spacial score (nSPS) is 16.9. The molecule has 7 rings (SSSR count). The Morgan fingerprint density at radius 1 is 1.10 bits per heavy atom. The zero-order chi connectivity index (χ0) is 36.2. The van der Waals surface area contributed by atoms with Crippen LogP contribution in [0.15, 0.2) is 42.6 Å². The predicted octanol–water partition coefficient (Wildman–Crippen LogP) is 7.83. The van der Waals surface area contributed by atoms with Gasteiger partial charge in [0.2, 0.25) is 0 Å². The first kappa shape index (κ1) is 35.3. The monoisotopic (exact) mass is 730 g/mol. The topological polar surface area (TPSA) is 123 Å². The number of hydrogen-bond donors (Lipinski definition) is 1. The van der Waals surface area contributed by atoms with Crippen LogP contribution in [-0.4, -0.2) is 91.1 Å². The zero-order valence-electron chi connectivity index (χ0n) is 29.8. The molecule has 1 N–H and O–H groups in total. The van der Waals surface area contributed by atoms with Crippen LogP contribution in [0, 0.1) is 6.92 Å². The molecule has 3 aromatic heterocycles. The summed E-state index contributed by atoms with van der Waals surface area (Å²) in [4.78, 5) is 39.0. The standard InChI is InChI=1S/C38H43ClN6O5S/c1-7-49-37(48)45-19-26(20-45)44-14-12-23(13-15-44)31-27-17-24(18-40-34(27)43(6)42-31)35-41-28-16-21(2)29(32(36(46)47)50-38(3,4)5)30(33(28)51-35)22-8-10-25(39)11-9-22/h8-11,16-18,23,26,32H,7,12-15,19-20H2,1-6H3,(H,46,47). The number of carboxylic acid groups (broad SMARTS) is 1. The third-order valence-corrected chi connectivity index (χ3v) is 11.2. The number of thiazole rings is 1. The van der Waals surface area contributed by atoms with E-state index in [0.717, 1.165) is 80.1 Å². The first-order chi connectivity index (χ1) is 24.3. The Kier molecular flexibility index (Phi) is 9.55. The van der Waals surface area contributed by atoms with Gasteiger partial charge in [-0.05, 0) is 95.9 Å². The van der Waals surface area contributed by atoms with Crippen molar-refractivity contribution in [2.24, 2.45) is 7.05 Å². The molecule has 0 radical (unpaired) electrons. The highest BCUT2D eigenvalue weighted by Crippen LogP contribution is 2.45. The predicted molar refractivity (Wildman–Crippen MR) is 199 cm³/mol. The summed E-state index contributed by atoms with van der Waals surface area (Å²) in [5.74, 6) is -0.764. The molecule has 1 amide bonds. The maximum absolute atomic E-state index is 12.8. The molecule has 268 valence electrons. The van der Waals surface area contributed by atoms with E-state index >= 15 is 0 Å². The smallest absolute Gasteiger partial charge is 0.409 e. The highest BCUT2D eigenvalue weighted by Gasteiger charge is 2.38. The molecule has 51 heavy (non-hydrogen) atoms. The van der Waals surface area contributed by atoms with Crippen molar-refractivity contribution < 1.29 is 24.2 Å². The van der Waals surface area contributed by atoms with Crippen LogP contribution in [0.4, 0.5) is 4.79 Å². The molecule has 2 aliphatic rings. The van der Waals surface area contributed by atoms with Gasteiger partial charge in [0.1, 0.15) is 5.01 Å². The minimum atomic E-state index is -1.19. The summed E-state index contributed by atoms with van der Waals surface area (Å²) in [7, 11) is 1.94. The molecule has 0 spiro atoms. The number of aryl methyl sites for hydroxylation is 2. The minimum absolute atomic E-state index is 0.226. The van der Waals surface area contributed by atoms with Gasteiger partial charge in [-0.3, -0.25) is 9.58 Å². The van der Waals surface area contributed by atoms with Gasteiger partial charge in [0.05, 0.1) is 28.1 Å². The fourth-order valence-corrected chi connectivity index (χ4v) is 8.57. The number of benzene rings is 2. The van der Waals surface area contributed by atoms with Crippen molar-refractivity contribution in [2.75, 3.05) is 32.8 Å². The Hall–Kier alpha value is -4.10. The Morgan fingerprint density at radius 2 is 1.80 bits per heavy atom. The molecule has 2 saturated heterocycles. The molecular formula is C38H43ClN6O5S. The summed E-state index contributed by atoms with van der Waals surface area (Å²) in [5, 5.41) is 17.8. The third-order valence-electron chi connectivity index (χ3n) is 9.79. The van der Waals surface area contributed by atoms with E-state index in [4.69, 9.17) is 36.1 Å². The Balaban J connectivity index is 1.23. The molecular weight excluding hydrogens is 688 g/mol. The number of ether oxygens (including phenoxy) is 2. The highest BCUT2D eigenvalue weighted by molar-refractivity contribution is 7.22. The molecule has 13 heteroatoms. The average molecular weight is 731 g/mol. The number of likely N-dealkylation sites (tertiary alicyclic amines) is 2. The van der Waals surface area contributed by atoms with Crippen molar-refractivity contribution in [2.45, 2.75) is 71.1 Å². The number of rotatable bonds is 8. The van der Waals surface area contributed by atoms with E-state index in [2.05, 4.69) is 11.0 Å². The summed E-state index contributed by atoms with van der Waals surface area (Å²) < 4.78 is 14.1. The fraction of sp³-hybridized carbons (Fsp3) is 0.447. The number of piperidine rings is 1. The summed E-state index contributed by atoms with van der Waals surface area (Å²) in [6.07, 6.45) is 2.38. The lowest BCUT2D eigenvalue weighted by molar-refractivity contribution is -0.160. The number of carboxylic acids is 1. The van der Waals surface area contributed by atoms with E-state index in [1.54, 1.807) is 4.90 Å². The summed E-state index contributed by atoms with van der Waals surface area (Å²) in [6.45, 7) is 13.0. The van der Waals surface area contributed by atoms with Crippen molar-refractivity contribution in [3.05, 3.63) is 64.4 Å². The van der Waals surface area contributed by atoms with Crippen LogP contribution in [0.3, 0.4) is 0 Å². The van der Waals surface area contributed by atoms with Crippen molar-refractivity contribution in [3.63, 3.8) is 0 Å². The lowest BCUT2D eigenvalue weighted by atomic mass is 9.90. The van der Waals surface area contributed by atoms with E-state index in [1.807, 2.05) is 82.9 Å². The number of pyridine rings is 1. The molecule has 2 aliphatic heterocycles. The zero-order valence-corrected chi connectivity index (χ0v) is 31.3. The van der Waals surface area contributed by atoms with Gasteiger partial charge in [0.25, 0.3) is 0 Å². The van der Waals surface area contributed by atoms with Crippen LogP contribution in [0.25, 0.3) is 42.9 Å². The van der Waals surface area contributed by atoms with Gasteiger partial charge in [0, 0.05) is 65.4 Å². The highest BCUT2D eigenvalue weighted by atomic mass is 35.5. The minimum Gasteiger partial charge on any atom is -0.479 e. The van der Waals surface area contributed by atoms with E-state index in [0.29, 0.717) is 36.3 Å². The molecule has 5 aromatic rings. The van der Waals surface area contributed by atoms with E-state index in [1.165, 1.54) is 11.3 Å². The number of carbonyl (C=O) groups is 2. The van der Waals surface area contributed by atoms with Crippen molar-refractivity contribution in [1.29, 1.82) is 0 Å². The molecule has 0 aliphatic carbocycles. The Labute approximate surface area is 306 Å². The van der Waals surface area contributed by atoms with Crippen LogP contribution in [-0.2, 0) is 21.3 Å². The fourth-order valence-electron chi connectivity index (χ4n) is 7.34. The lowest BCUT2D eigenvalue weighted by Crippen LogP contribution is -2.62. The number of nitrogens with zero attached hydrogens (tertiary/aromatic N) is 6. The Bertz CT molecular complexity index is 2110. The number of aromatic nitrogens is 4. The van der Waals surface area contributed by atoms with E-state index < -0.39 is 17.7 Å². The molecule has 1 atom stereocenters. The van der Waals surface area contributed by atoms with Crippen LogP contribution in [0.1, 0.15) is 69.4 Å². The molecule has 2 fully saturated rings. The summed E-state index contributed by atoms with van der Waals surface area (Å²) in [6, 6.07) is 11.9. The van der Waals surface area contributed by atoms with Crippen molar-refractivity contribution in [3.8, 4) is 21.7 Å². The lowest BCUT2D eigenvalue weighted by Gasteiger charge is -2.46. The first-order valence-electron chi connectivity index (χ1n) is 17.4. The Morgan fingerprint density at radius 3 is 2.45 bits per heavy atom. The molecule has 5 heterocycles. The number of amides is 1. The van der Waals surface area contributed by atoms with Gasteiger partial charge in [-0.15, -0.1) is 11.3 Å². The van der Waals surface area contributed by atoms with E-state index in [9.17, 15) is 14.7 Å². The number of fused-ring (bicyclic) bond motifs is 2. The van der Waals surface area contributed by atoms with Gasteiger partial charge in [-0.1, -0.05) is 23.7 Å². The average Bonchev–Trinajstić information content (AvgIpc) is 3.63. The first-order valence-corrected chi connectivity index (χ1v) is 18.6. The molecule has 0 saturated carbocycles. The van der Waals surface area contributed by atoms with Gasteiger partial charge in [-0.2, -0.15) is 5.10 Å². The summed E-state index contributed by atoms with van der Waals surface area (Å²) >= 11 is 7.80. The maximum atomic E-state index is 12.8. The molecule has 11 nitrogen and oxygen atoms in total. The quantitative estimate of drug-likeness (QED) is 0.170. The second-order valence-electron chi connectivity index (χ2n) is 14.5. The molecule has 0 bridgehead atoms. The number of hydrogen-bond acceptors (Lipinski definition) is 9. The maximum Gasteiger partial charge on any atom is 0.409 e. The number of carbonyl (C=O) groups excluding carboxylic acids is 1. The largest absolute Gasteiger partial charge is 0.479 e. The van der Waals surface area contributed by atoms with Gasteiger partial charge < -0.3 is 19.5 Å². The number of aliphatic carboxylic acids is 1.